The number of anilines is 6. The van der Waals surface area contributed by atoms with Crippen LogP contribution >= 0.6 is 23.5 Å². The van der Waals surface area contributed by atoms with Crippen molar-refractivity contribution in [3.8, 4) is 89.0 Å². The number of rotatable bonds is 4. The fraction of sp³-hybridized carbons (Fsp3) is 0.0488. The molecular formula is C82H57BN2S2. The van der Waals surface area contributed by atoms with E-state index in [-0.39, 0.29) is 12.1 Å². The van der Waals surface area contributed by atoms with E-state index in [4.69, 9.17) is 0 Å². The van der Waals surface area contributed by atoms with Gasteiger partial charge in [-0.3, -0.25) is 0 Å². The van der Waals surface area contributed by atoms with Crippen LogP contribution in [0.4, 0.5) is 34.1 Å². The summed E-state index contributed by atoms with van der Waals surface area (Å²) in [5, 5.41) is 0. The van der Waals surface area contributed by atoms with Crippen LogP contribution in [-0.4, -0.2) is 6.71 Å². The Morgan fingerprint density at radius 3 is 0.943 bits per heavy atom. The molecule has 0 aromatic heterocycles. The summed E-state index contributed by atoms with van der Waals surface area (Å²) in [5.41, 5.74) is 30.8. The molecule has 0 aliphatic carbocycles. The van der Waals surface area contributed by atoms with Crippen LogP contribution in [0.5, 0.6) is 0 Å². The number of nitrogens with zero attached hydrogens (tertiary/aromatic N) is 2. The molecule has 0 unspecified atom stereocenters. The highest BCUT2D eigenvalue weighted by Crippen LogP contribution is 2.59. The summed E-state index contributed by atoms with van der Waals surface area (Å²) in [6.07, 6.45) is 0. The minimum absolute atomic E-state index is 0.254. The van der Waals surface area contributed by atoms with Crippen molar-refractivity contribution in [2.24, 2.45) is 0 Å². The van der Waals surface area contributed by atoms with E-state index in [0.717, 1.165) is 11.4 Å². The van der Waals surface area contributed by atoms with Crippen molar-refractivity contribution in [1.82, 2.24) is 0 Å². The molecule has 0 bridgehead atoms. The van der Waals surface area contributed by atoms with Gasteiger partial charge in [0.1, 0.15) is 0 Å². The fourth-order valence-corrected chi connectivity index (χ4v) is 16.4. The minimum Gasteiger partial charge on any atom is -0.310 e. The van der Waals surface area contributed by atoms with E-state index in [1.165, 1.54) is 153 Å². The molecule has 0 saturated carbocycles. The monoisotopic (exact) mass is 1140 g/mol. The molecule has 0 amide bonds. The second-order valence-electron chi connectivity index (χ2n) is 24.3. The SMILES string of the molecule is CC(C)(C)c1cc2c3c(c1)N1c4c(cc(-c5ccccc5)cc4-c4ccccc4Sc4ccccc4-c4cccc(-c5ccccc5)c41)B3c1cc(-c3ccccc3)cc3c1N2c1c(-c2ccccc2)cccc1-c1ccccc1Sc1ccccc1-3. The van der Waals surface area contributed by atoms with Crippen LogP contribution in [-0.2, 0) is 5.41 Å². The summed E-state index contributed by atoms with van der Waals surface area (Å²) in [5.74, 6) is 0. The molecule has 410 valence electrons. The topological polar surface area (TPSA) is 6.48 Å². The first kappa shape index (κ1) is 51.6. The second kappa shape index (κ2) is 20.5. The molecule has 2 nitrogen and oxygen atoms in total. The maximum atomic E-state index is 2.75. The lowest BCUT2D eigenvalue weighted by Gasteiger charge is -2.48. The third-order valence-electron chi connectivity index (χ3n) is 18.2. The predicted molar refractivity (Wildman–Crippen MR) is 371 cm³/mol. The molecule has 0 radical (unpaired) electrons. The first-order chi connectivity index (χ1) is 42.8. The van der Waals surface area contributed by atoms with E-state index in [1.807, 2.05) is 23.5 Å². The highest BCUT2D eigenvalue weighted by atomic mass is 32.2. The predicted octanol–water partition coefficient (Wildman–Crippen LogP) is 21.3. The minimum atomic E-state index is -0.287. The van der Waals surface area contributed by atoms with Gasteiger partial charge in [-0.05, 0) is 132 Å². The molecule has 0 saturated heterocycles. The van der Waals surface area contributed by atoms with Crippen LogP contribution in [0, 0.1) is 0 Å². The van der Waals surface area contributed by atoms with Crippen LogP contribution in [0.2, 0.25) is 0 Å². The summed E-state index contributed by atoms with van der Waals surface area (Å²) in [7, 11) is 0. The molecule has 13 aromatic rings. The number of hydrogen-bond acceptors (Lipinski definition) is 4. The molecule has 0 spiro atoms. The lowest BCUT2D eigenvalue weighted by Crippen LogP contribution is -2.62. The van der Waals surface area contributed by atoms with E-state index in [1.54, 1.807) is 0 Å². The van der Waals surface area contributed by atoms with E-state index in [0.29, 0.717) is 0 Å². The standard InChI is InChI=1S/C82H57BN2S2/c1-82(2,3)58-50-71-77-72(51-58)85-79-60(55-32-14-7-15-33-55)39-25-41-66(79)62-35-17-21-43-74(62)87-76-45-23-19-37-64(76)68-47-57(53-28-10-5-11-29-53)49-70(81(68)85)83(77)69-48-56(52-26-8-4-9-27-52)46-67-63-36-18-22-44-75(63)86-73-42-20-16-34-61(73)65-40-24-38-59(54-30-12-6-13-31-54)78(65)84(71)80(67)69/h4-51H,1-3H3. The van der Waals surface area contributed by atoms with Crippen LogP contribution in [0.15, 0.2) is 311 Å². The molecule has 0 N–H and O–H groups in total. The normalized spacial score (nSPS) is 13.1. The first-order valence-corrected chi connectivity index (χ1v) is 31.8. The molecular weight excluding hydrogens is 1090 g/mol. The molecule has 4 aliphatic heterocycles. The Labute approximate surface area is 518 Å². The zero-order valence-corrected chi connectivity index (χ0v) is 50.1. The number of para-hydroxylation sites is 2. The van der Waals surface area contributed by atoms with Crippen molar-refractivity contribution < 1.29 is 0 Å². The van der Waals surface area contributed by atoms with Gasteiger partial charge in [-0.1, -0.05) is 287 Å². The fourth-order valence-electron chi connectivity index (χ4n) is 14.2. The summed E-state index contributed by atoms with van der Waals surface area (Å²) < 4.78 is 0. The van der Waals surface area contributed by atoms with Crippen LogP contribution < -0.4 is 26.2 Å². The zero-order valence-electron chi connectivity index (χ0n) is 48.5. The number of benzene rings is 13. The largest absolute Gasteiger partial charge is 0.310 e. The van der Waals surface area contributed by atoms with Gasteiger partial charge >= 0.3 is 0 Å². The maximum absolute atomic E-state index is 2.75. The van der Waals surface area contributed by atoms with Gasteiger partial charge in [-0.25, -0.2) is 0 Å². The highest BCUT2D eigenvalue weighted by Gasteiger charge is 2.48. The average Bonchev–Trinajstić information content (AvgIpc) is 0.690. The van der Waals surface area contributed by atoms with Crippen molar-refractivity contribution in [2.45, 2.75) is 45.8 Å². The molecule has 0 fully saturated rings. The van der Waals surface area contributed by atoms with Gasteiger partial charge in [-0.15, -0.1) is 0 Å². The molecule has 87 heavy (non-hydrogen) atoms. The van der Waals surface area contributed by atoms with Gasteiger partial charge in [0, 0.05) is 75.7 Å². The van der Waals surface area contributed by atoms with Gasteiger partial charge in [0.05, 0.1) is 11.4 Å². The lowest BCUT2D eigenvalue weighted by molar-refractivity contribution is 0.590. The van der Waals surface area contributed by atoms with E-state index < -0.39 is 0 Å². The zero-order chi connectivity index (χ0) is 57.9. The summed E-state index contributed by atoms with van der Waals surface area (Å²) in [6.45, 7) is 6.93. The van der Waals surface area contributed by atoms with Gasteiger partial charge in [0.15, 0.2) is 0 Å². The van der Waals surface area contributed by atoms with Crippen LogP contribution in [0.1, 0.15) is 26.3 Å². The molecule has 4 heterocycles. The van der Waals surface area contributed by atoms with Gasteiger partial charge in [0.25, 0.3) is 6.71 Å². The van der Waals surface area contributed by atoms with Crippen LogP contribution in [0.3, 0.4) is 0 Å². The van der Waals surface area contributed by atoms with Crippen molar-refractivity contribution in [3.63, 3.8) is 0 Å². The third-order valence-corrected chi connectivity index (χ3v) is 20.5. The van der Waals surface area contributed by atoms with Gasteiger partial charge in [-0.2, -0.15) is 0 Å². The lowest BCUT2D eigenvalue weighted by atomic mass is 9.32. The van der Waals surface area contributed by atoms with E-state index in [9.17, 15) is 0 Å². The van der Waals surface area contributed by atoms with Crippen molar-refractivity contribution >= 4 is 80.7 Å². The first-order valence-electron chi connectivity index (χ1n) is 30.2. The Morgan fingerprint density at radius 1 is 0.264 bits per heavy atom. The van der Waals surface area contributed by atoms with Crippen molar-refractivity contribution in [1.29, 1.82) is 0 Å². The summed E-state index contributed by atoms with van der Waals surface area (Å²) >= 11 is 3.75. The van der Waals surface area contributed by atoms with Crippen molar-refractivity contribution in [3.05, 3.63) is 297 Å². The third kappa shape index (κ3) is 8.35. The smallest absolute Gasteiger partial charge is 0.252 e. The Morgan fingerprint density at radius 2 is 0.575 bits per heavy atom. The van der Waals surface area contributed by atoms with Gasteiger partial charge < -0.3 is 9.80 Å². The Hall–Kier alpha value is -9.78. The highest BCUT2D eigenvalue weighted by molar-refractivity contribution is 8.00. The molecule has 4 aliphatic rings. The average molecular weight is 1150 g/mol. The van der Waals surface area contributed by atoms with E-state index in [2.05, 4.69) is 322 Å². The number of fused-ring (bicyclic) bond motifs is 16. The van der Waals surface area contributed by atoms with Gasteiger partial charge in [0.2, 0.25) is 0 Å². The Kier molecular flexibility index (Phi) is 12.1. The van der Waals surface area contributed by atoms with Crippen LogP contribution in [0.25, 0.3) is 89.0 Å². The van der Waals surface area contributed by atoms with E-state index >= 15 is 0 Å². The number of hydrogen-bond donors (Lipinski definition) is 0. The molecule has 17 rings (SSSR count). The summed E-state index contributed by atoms with van der Waals surface area (Å²) in [6, 6.07) is 110. The molecule has 13 aromatic carbocycles. The van der Waals surface area contributed by atoms with Crippen molar-refractivity contribution in [2.75, 3.05) is 9.80 Å². The Balaban J connectivity index is 1.13. The molecule has 5 heteroatoms. The maximum Gasteiger partial charge on any atom is 0.252 e. The summed E-state index contributed by atoms with van der Waals surface area (Å²) in [4.78, 5) is 10.4. The quantitative estimate of drug-likeness (QED) is 0.162. The second-order valence-corrected chi connectivity index (χ2v) is 26.4. The molecule has 0 atom stereocenters. The Bertz CT molecular complexity index is 4620.